The number of nitrogens with zero attached hydrogens (tertiary/aromatic N) is 2. The molecule has 1 fully saturated rings. The highest BCUT2D eigenvalue weighted by Crippen LogP contribution is 2.38. The Kier molecular flexibility index (Phi) is 3.40. The first-order chi connectivity index (χ1) is 9.63. The zero-order valence-corrected chi connectivity index (χ0v) is 11.2. The van der Waals surface area contributed by atoms with Crippen LogP contribution in [0.25, 0.3) is 0 Å². The molecule has 0 spiro atoms. The van der Waals surface area contributed by atoms with Crippen LogP contribution in [-0.4, -0.2) is 10.1 Å². The monoisotopic (exact) mass is 277 g/mol. The van der Waals surface area contributed by atoms with Crippen LogP contribution in [0.1, 0.15) is 49.0 Å². The van der Waals surface area contributed by atoms with Gasteiger partial charge >= 0.3 is 0 Å². The zero-order chi connectivity index (χ0) is 14.1. The summed E-state index contributed by atoms with van der Waals surface area (Å²) < 4.78 is 24.0. The maximum atomic E-state index is 13.3. The summed E-state index contributed by atoms with van der Waals surface area (Å²) in [6.45, 7) is 1.96. The van der Waals surface area contributed by atoms with E-state index in [1.165, 1.54) is 12.1 Å². The van der Waals surface area contributed by atoms with Crippen molar-refractivity contribution in [1.82, 2.24) is 10.1 Å². The van der Waals surface area contributed by atoms with Crippen LogP contribution in [0.5, 0.6) is 5.75 Å². The van der Waals surface area contributed by atoms with Gasteiger partial charge in [0, 0.05) is 23.6 Å². The number of rotatable bonds is 5. The van der Waals surface area contributed by atoms with Crippen molar-refractivity contribution < 1.29 is 13.7 Å². The molecule has 1 aromatic carbocycles. The van der Waals surface area contributed by atoms with Gasteiger partial charge in [-0.2, -0.15) is 4.98 Å². The Labute approximate surface area is 115 Å². The highest BCUT2D eigenvalue weighted by molar-refractivity contribution is 5.36. The first-order valence-electron chi connectivity index (χ1n) is 6.64. The molecule has 106 valence electrons. The van der Waals surface area contributed by atoms with Crippen molar-refractivity contribution in [2.45, 2.75) is 38.3 Å². The predicted molar refractivity (Wildman–Crippen MR) is 69.6 cm³/mol. The van der Waals surface area contributed by atoms with Gasteiger partial charge in [-0.15, -0.1) is 0 Å². The second-order valence-corrected chi connectivity index (χ2v) is 5.08. The number of benzene rings is 1. The molecule has 0 saturated heterocycles. The molecule has 0 amide bonds. The number of halogens is 1. The van der Waals surface area contributed by atoms with Crippen LogP contribution >= 0.6 is 0 Å². The molecule has 0 unspecified atom stereocenters. The van der Waals surface area contributed by atoms with Gasteiger partial charge in [-0.25, -0.2) is 4.39 Å². The third-order valence-electron chi connectivity index (χ3n) is 3.23. The molecular formula is C14H16FN3O2. The van der Waals surface area contributed by atoms with Gasteiger partial charge in [0.2, 0.25) is 11.7 Å². The molecule has 5 nitrogen and oxygen atoms in total. The molecule has 6 heteroatoms. The van der Waals surface area contributed by atoms with Crippen molar-refractivity contribution in [3.8, 4) is 5.75 Å². The van der Waals surface area contributed by atoms with Crippen molar-refractivity contribution in [3.05, 3.63) is 41.3 Å². The summed E-state index contributed by atoms with van der Waals surface area (Å²) in [5, 5.41) is 3.85. The van der Waals surface area contributed by atoms with Crippen LogP contribution in [-0.2, 0) is 6.61 Å². The minimum absolute atomic E-state index is 0.138. The fourth-order valence-corrected chi connectivity index (χ4v) is 1.97. The van der Waals surface area contributed by atoms with Crippen LogP contribution in [0, 0.1) is 5.82 Å². The topological polar surface area (TPSA) is 74.2 Å². The highest BCUT2D eigenvalue weighted by atomic mass is 19.1. The van der Waals surface area contributed by atoms with Gasteiger partial charge in [0.1, 0.15) is 11.6 Å². The van der Waals surface area contributed by atoms with Crippen LogP contribution in [0.3, 0.4) is 0 Å². The van der Waals surface area contributed by atoms with Crippen molar-refractivity contribution in [1.29, 1.82) is 0 Å². The van der Waals surface area contributed by atoms with Gasteiger partial charge in [0.15, 0.2) is 6.61 Å². The number of hydrogen-bond acceptors (Lipinski definition) is 5. The van der Waals surface area contributed by atoms with Crippen molar-refractivity contribution >= 4 is 0 Å². The lowest BCUT2D eigenvalue weighted by molar-refractivity contribution is 0.280. The number of ether oxygens (including phenoxy) is 1. The first kappa shape index (κ1) is 13.1. The van der Waals surface area contributed by atoms with Gasteiger partial charge in [0.25, 0.3) is 0 Å². The van der Waals surface area contributed by atoms with Crippen LogP contribution < -0.4 is 10.5 Å². The molecule has 0 aliphatic heterocycles. The summed E-state index contributed by atoms with van der Waals surface area (Å²) in [5.74, 6) is 1.58. The van der Waals surface area contributed by atoms with E-state index in [1.807, 2.05) is 6.92 Å². The Balaban J connectivity index is 1.71. The summed E-state index contributed by atoms with van der Waals surface area (Å²) in [4.78, 5) is 4.26. The maximum absolute atomic E-state index is 13.3. The van der Waals surface area contributed by atoms with E-state index in [-0.39, 0.29) is 18.5 Å². The number of aromatic nitrogens is 2. The predicted octanol–water partition coefficient (Wildman–Crippen LogP) is 2.68. The van der Waals surface area contributed by atoms with Crippen molar-refractivity contribution in [2.24, 2.45) is 5.73 Å². The Morgan fingerprint density at radius 2 is 2.30 bits per heavy atom. The minimum atomic E-state index is -0.365. The van der Waals surface area contributed by atoms with Gasteiger partial charge in [-0.3, -0.25) is 0 Å². The lowest BCUT2D eigenvalue weighted by Gasteiger charge is -2.12. The Hall–Kier alpha value is -1.95. The summed E-state index contributed by atoms with van der Waals surface area (Å²) in [7, 11) is 0. The average Bonchev–Trinajstić information content (AvgIpc) is 3.15. The lowest BCUT2D eigenvalue weighted by atomic mass is 10.1. The minimum Gasteiger partial charge on any atom is -0.485 e. The largest absolute Gasteiger partial charge is 0.485 e. The van der Waals surface area contributed by atoms with Crippen LogP contribution in [0.2, 0.25) is 0 Å². The molecule has 1 atom stereocenters. The Morgan fingerprint density at radius 1 is 1.50 bits per heavy atom. The van der Waals surface area contributed by atoms with Crippen LogP contribution in [0.4, 0.5) is 4.39 Å². The van der Waals surface area contributed by atoms with Crippen molar-refractivity contribution in [2.75, 3.05) is 0 Å². The van der Waals surface area contributed by atoms with E-state index >= 15 is 0 Å². The summed E-state index contributed by atoms with van der Waals surface area (Å²) >= 11 is 0. The number of hydrogen-bond donors (Lipinski definition) is 1. The smallest absolute Gasteiger partial charge is 0.229 e. The zero-order valence-electron chi connectivity index (χ0n) is 11.2. The second-order valence-electron chi connectivity index (χ2n) is 5.08. The SMILES string of the molecule is C[C@@H](N)c1ccc(F)cc1OCc1noc(C2CC2)n1. The van der Waals surface area contributed by atoms with E-state index in [9.17, 15) is 4.39 Å². The van der Waals surface area contributed by atoms with E-state index in [0.29, 0.717) is 23.4 Å². The van der Waals surface area contributed by atoms with Gasteiger partial charge in [-0.1, -0.05) is 11.2 Å². The molecule has 2 N–H and O–H groups in total. The number of nitrogens with two attached hydrogens (primary N) is 1. The van der Waals surface area contributed by atoms with E-state index in [1.54, 1.807) is 6.07 Å². The Morgan fingerprint density at radius 3 is 3.00 bits per heavy atom. The summed E-state index contributed by atoms with van der Waals surface area (Å²) in [6.07, 6.45) is 2.20. The standard InChI is InChI=1S/C14H16FN3O2/c1-8(16)11-5-4-10(15)6-12(11)19-7-13-17-14(20-18-13)9-2-3-9/h4-6,8-9H,2-3,7,16H2,1H3/t8-/m1/s1. The molecule has 1 aliphatic carbocycles. The molecule has 2 aromatic rings. The summed E-state index contributed by atoms with van der Waals surface area (Å²) in [5.41, 5.74) is 6.58. The summed E-state index contributed by atoms with van der Waals surface area (Å²) in [6, 6.07) is 4.07. The van der Waals surface area contributed by atoms with Crippen LogP contribution in [0.15, 0.2) is 22.7 Å². The molecule has 0 bridgehead atoms. The van der Waals surface area contributed by atoms with E-state index in [4.69, 9.17) is 15.0 Å². The quantitative estimate of drug-likeness (QED) is 0.909. The molecule has 1 heterocycles. The molecule has 1 aliphatic rings. The lowest BCUT2D eigenvalue weighted by Crippen LogP contribution is -2.08. The third-order valence-corrected chi connectivity index (χ3v) is 3.23. The molecular weight excluding hydrogens is 261 g/mol. The highest BCUT2D eigenvalue weighted by Gasteiger charge is 2.29. The van der Waals surface area contributed by atoms with Crippen molar-refractivity contribution in [3.63, 3.8) is 0 Å². The third kappa shape index (κ3) is 2.80. The molecule has 0 radical (unpaired) electrons. The molecule has 20 heavy (non-hydrogen) atoms. The molecule has 1 aromatic heterocycles. The molecule has 1 saturated carbocycles. The molecule has 3 rings (SSSR count). The van der Waals surface area contributed by atoms with E-state index < -0.39 is 0 Å². The van der Waals surface area contributed by atoms with Gasteiger partial charge < -0.3 is 15.0 Å². The second kappa shape index (κ2) is 5.20. The van der Waals surface area contributed by atoms with Gasteiger partial charge in [0.05, 0.1) is 0 Å². The fraction of sp³-hybridized carbons (Fsp3) is 0.429. The Bertz CT molecular complexity index is 608. The van der Waals surface area contributed by atoms with E-state index in [2.05, 4.69) is 10.1 Å². The van der Waals surface area contributed by atoms with Gasteiger partial charge in [-0.05, 0) is 25.8 Å². The maximum Gasteiger partial charge on any atom is 0.229 e. The average molecular weight is 277 g/mol. The fourth-order valence-electron chi connectivity index (χ4n) is 1.97. The normalized spacial score (nSPS) is 16.1. The van der Waals surface area contributed by atoms with E-state index in [0.717, 1.165) is 18.4 Å². The first-order valence-corrected chi connectivity index (χ1v) is 6.64.